The SMILES string of the molecule is O=C(O)c1ccc(-c2nc(NCc3ccc(Cl)c(Cl)c3)c3c(n2)[nH]c2ccccc23)cc1. The summed E-state index contributed by atoms with van der Waals surface area (Å²) < 4.78 is 0. The summed E-state index contributed by atoms with van der Waals surface area (Å²) in [5.41, 5.74) is 3.52. The minimum absolute atomic E-state index is 0.207. The van der Waals surface area contributed by atoms with Crippen LogP contribution in [0.4, 0.5) is 5.82 Å². The van der Waals surface area contributed by atoms with Crippen LogP contribution in [-0.2, 0) is 6.54 Å². The van der Waals surface area contributed by atoms with Crippen molar-refractivity contribution in [2.24, 2.45) is 0 Å². The number of H-pyrrole nitrogens is 1. The predicted molar refractivity (Wildman–Crippen MR) is 128 cm³/mol. The Bertz CT molecular complexity index is 1480. The molecule has 158 valence electrons. The number of nitrogens with one attached hydrogen (secondary N) is 2. The molecule has 0 aliphatic heterocycles. The fourth-order valence-electron chi connectivity index (χ4n) is 3.60. The molecule has 3 aromatic carbocycles. The summed E-state index contributed by atoms with van der Waals surface area (Å²) in [6.45, 7) is 0.486. The fraction of sp³-hybridized carbons (Fsp3) is 0.0417. The predicted octanol–water partition coefficient (Wildman–Crippen LogP) is 6.40. The van der Waals surface area contributed by atoms with E-state index in [4.69, 9.17) is 38.3 Å². The number of halogens is 2. The van der Waals surface area contributed by atoms with Crippen LogP contribution in [0.15, 0.2) is 66.7 Å². The van der Waals surface area contributed by atoms with Crippen LogP contribution in [0.3, 0.4) is 0 Å². The molecule has 3 N–H and O–H groups in total. The summed E-state index contributed by atoms with van der Waals surface area (Å²) >= 11 is 12.2. The van der Waals surface area contributed by atoms with E-state index in [-0.39, 0.29) is 5.56 Å². The molecule has 0 fully saturated rings. The third-order valence-electron chi connectivity index (χ3n) is 5.19. The minimum Gasteiger partial charge on any atom is -0.478 e. The van der Waals surface area contributed by atoms with Crippen LogP contribution in [0.5, 0.6) is 0 Å². The fourth-order valence-corrected chi connectivity index (χ4v) is 3.92. The Morgan fingerprint density at radius 2 is 1.75 bits per heavy atom. The van der Waals surface area contributed by atoms with E-state index >= 15 is 0 Å². The van der Waals surface area contributed by atoms with Crippen LogP contribution < -0.4 is 5.32 Å². The standard InChI is InChI=1S/C24H16Cl2N4O2/c25-17-10-5-13(11-18(17)26)12-27-22-20-16-3-1-2-4-19(16)28-23(20)30-21(29-22)14-6-8-15(9-7-14)24(31)32/h1-11H,12H2,(H,31,32)(H2,27,28,29,30). The number of rotatable bonds is 5. The van der Waals surface area contributed by atoms with Crippen molar-refractivity contribution in [3.05, 3.63) is 87.9 Å². The molecular weight excluding hydrogens is 447 g/mol. The van der Waals surface area contributed by atoms with Crippen LogP contribution in [0.25, 0.3) is 33.3 Å². The lowest BCUT2D eigenvalue weighted by Crippen LogP contribution is -2.04. The number of hydrogen-bond acceptors (Lipinski definition) is 4. The van der Waals surface area contributed by atoms with Crippen molar-refractivity contribution in [1.29, 1.82) is 0 Å². The minimum atomic E-state index is -0.979. The third kappa shape index (κ3) is 3.75. The lowest BCUT2D eigenvalue weighted by Gasteiger charge is -2.10. The zero-order valence-corrected chi connectivity index (χ0v) is 18.1. The van der Waals surface area contributed by atoms with Gasteiger partial charge in [0.1, 0.15) is 11.5 Å². The quantitative estimate of drug-likeness (QED) is 0.281. The Hall–Kier alpha value is -3.61. The maximum atomic E-state index is 11.2. The summed E-state index contributed by atoms with van der Waals surface area (Å²) in [5.74, 6) is 0.168. The molecule has 6 nitrogen and oxygen atoms in total. The molecule has 2 aromatic heterocycles. The number of hydrogen-bond donors (Lipinski definition) is 3. The first-order chi connectivity index (χ1) is 15.5. The molecule has 2 heterocycles. The molecule has 0 aliphatic carbocycles. The van der Waals surface area contributed by atoms with Gasteiger partial charge in [-0.15, -0.1) is 0 Å². The van der Waals surface area contributed by atoms with Gasteiger partial charge in [0.05, 0.1) is 21.0 Å². The first-order valence-corrected chi connectivity index (χ1v) is 10.5. The highest BCUT2D eigenvalue weighted by atomic mass is 35.5. The molecule has 0 saturated carbocycles. The second-order valence-electron chi connectivity index (χ2n) is 7.27. The van der Waals surface area contributed by atoms with E-state index in [9.17, 15) is 4.79 Å². The topological polar surface area (TPSA) is 90.9 Å². The third-order valence-corrected chi connectivity index (χ3v) is 5.93. The average Bonchev–Trinajstić information content (AvgIpc) is 3.18. The van der Waals surface area contributed by atoms with Crippen LogP contribution in [0.1, 0.15) is 15.9 Å². The van der Waals surface area contributed by atoms with E-state index in [0.29, 0.717) is 39.4 Å². The number of nitrogens with zero attached hydrogens (tertiary/aromatic N) is 2. The lowest BCUT2D eigenvalue weighted by molar-refractivity contribution is 0.0697. The van der Waals surface area contributed by atoms with E-state index in [1.807, 2.05) is 36.4 Å². The van der Waals surface area contributed by atoms with Gasteiger partial charge in [-0.05, 0) is 35.9 Å². The lowest BCUT2D eigenvalue weighted by atomic mass is 10.1. The summed E-state index contributed by atoms with van der Waals surface area (Å²) in [6.07, 6.45) is 0. The van der Waals surface area contributed by atoms with E-state index < -0.39 is 5.97 Å². The largest absolute Gasteiger partial charge is 0.478 e. The Morgan fingerprint density at radius 3 is 2.50 bits per heavy atom. The number of fused-ring (bicyclic) bond motifs is 3. The van der Waals surface area contributed by atoms with Crippen molar-refractivity contribution >= 4 is 56.9 Å². The smallest absolute Gasteiger partial charge is 0.335 e. The first-order valence-electron chi connectivity index (χ1n) is 9.79. The molecule has 0 bridgehead atoms. The molecule has 0 atom stereocenters. The van der Waals surface area contributed by atoms with Gasteiger partial charge in [-0.3, -0.25) is 0 Å². The van der Waals surface area contributed by atoms with Crippen molar-refractivity contribution in [2.75, 3.05) is 5.32 Å². The molecule has 0 aliphatic rings. The molecule has 0 amide bonds. The number of carboxylic acids is 1. The summed E-state index contributed by atoms with van der Waals surface area (Å²) in [5, 5.41) is 15.4. The summed E-state index contributed by atoms with van der Waals surface area (Å²) in [7, 11) is 0. The number of aromatic amines is 1. The van der Waals surface area contributed by atoms with Crippen LogP contribution in [0, 0.1) is 0 Å². The number of carboxylic acid groups (broad SMARTS) is 1. The van der Waals surface area contributed by atoms with E-state index in [1.54, 1.807) is 30.3 Å². The molecule has 5 aromatic rings. The van der Waals surface area contributed by atoms with Crippen LogP contribution >= 0.6 is 23.2 Å². The Labute approximate surface area is 192 Å². The van der Waals surface area contributed by atoms with Crippen molar-refractivity contribution in [1.82, 2.24) is 15.0 Å². The number of carbonyl (C=O) groups is 1. The van der Waals surface area contributed by atoms with Crippen molar-refractivity contribution in [2.45, 2.75) is 6.54 Å². The molecule has 0 saturated heterocycles. The average molecular weight is 463 g/mol. The Morgan fingerprint density at radius 1 is 0.969 bits per heavy atom. The Balaban J connectivity index is 1.61. The second kappa shape index (κ2) is 8.15. The van der Waals surface area contributed by atoms with Gasteiger partial charge >= 0.3 is 5.97 Å². The number of aromatic nitrogens is 3. The number of benzene rings is 3. The van der Waals surface area contributed by atoms with Crippen LogP contribution in [0.2, 0.25) is 10.0 Å². The van der Waals surface area contributed by atoms with Gasteiger partial charge in [0.15, 0.2) is 5.82 Å². The van der Waals surface area contributed by atoms with Gasteiger partial charge in [0, 0.05) is 23.0 Å². The second-order valence-corrected chi connectivity index (χ2v) is 8.09. The van der Waals surface area contributed by atoms with E-state index in [0.717, 1.165) is 21.9 Å². The molecule has 0 unspecified atom stereocenters. The van der Waals surface area contributed by atoms with Crippen LogP contribution in [-0.4, -0.2) is 26.0 Å². The monoisotopic (exact) mass is 462 g/mol. The number of para-hydroxylation sites is 1. The first kappa shape index (κ1) is 20.3. The van der Waals surface area contributed by atoms with Crippen molar-refractivity contribution < 1.29 is 9.90 Å². The molecule has 5 rings (SSSR count). The molecule has 32 heavy (non-hydrogen) atoms. The summed E-state index contributed by atoms with van der Waals surface area (Å²) in [4.78, 5) is 24.0. The van der Waals surface area contributed by atoms with Gasteiger partial charge in [0.2, 0.25) is 0 Å². The molecule has 8 heteroatoms. The maximum absolute atomic E-state index is 11.2. The molecule has 0 radical (unpaired) electrons. The maximum Gasteiger partial charge on any atom is 0.335 e. The van der Waals surface area contributed by atoms with Gasteiger partial charge in [-0.1, -0.05) is 59.6 Å². The zero-order valence-electron chi connectivity index (χ0n) is 16.6. The van der Waals surface area contributed by atoms with E-state index in [1.165, 1.54) is 0 Å². The van der Waals surface area contributed by atoms with Gasteiger partial charge in [-0.2, -0.15) is 0 Å². The number of aromatic carboxylic acids is 1. The highest BCUT2D eigenvalue weighted by Gasteiger charge is 2.15. The normalized spacial score (nSPS) is 11.2. The molecular formula is C24H16Cl2N4O2. The van der Waals surface area contributed by atoms with Gasteiger partial charge in [-0.25, -0.2) is 14.8 Å². The molecule has 0 spiro atoms. The highest BCUT2D eigenvalue weighted by Crippen LogP contribution is 2.32. The number of anilines is 1. The van der Waals surface area contributed by atoms with Crippen molar-refractivity contribution in [3.63, 3.8) is 0 Å². The van der Waals surface area contributed by atoms with Crippen molar-refractivity contribution in [3.8, 4) is 11.4 Å². The van der Waals surface area contributed by atoms with Gasteiger partial charge < -0.3 is 15.4 Å². The highest BCUT2D eigenvalue weighted by molar-refractivity contribution is 6.42. The van der Waals surface area contributed by atoms with E-state index in [2.05, 4.69) is 10.3 Å². The zero-order chi connectivity index (χ0) is 22.2. The Kier molecular flexibility index (Phi) is 5.17. The van der Waals surface area contributed by atoms with Gasteiger partial charge in [0.25, 0.3) is 0 Å². The summed E-state index contributed by atoms with van der Waals surface area (Å²) in [6, 6.07) is 19.9.